The Morgan fingerprint density at radius 1 is 1.45 bits per heavy atom. The molecule has 0 saturated carbocycles. The summed E-state index contributed by atoms with van der Waals surface area (Å²) in [5.41, 5.74) is 0.353. The van der Waals surface area contributed by atoms with Crippen molar-refractivity contribution in [2.45, 2.75) is 24.9 Å². The summed E-state index contributed by atoms with van der Waals surface area (Å²) in [6, 6.07) is 3.90. The summed E-state index contributed by atoms with van der Waals surface area (Å²) in [6.45, 7) is 1.76. The molecule has 110 valence electrons. The van der Waals surface area contributed by atoms with Crippen LogP contribution in [-0.4, -0.2) is 37.8 Å². The number of pyridine rings is 1. The average Bonchev–Trinajstić information content (AvgIpc) is 2.72. The summed E-state index contributed by atoms with van der Waals surface area (Å²) in [5, 5.41) is 3.35. The molecule has 5 nitrogen and oxygen atoms in total. The van der Waals surface area contributed by atoms with Gasteiger partial charge >= 0.3 is 5.97 Å². The van der Waals surface area contributed by atoms with Gasteiger partial charge in [0.05, 0.1) is 12.8 Å². The van der Waals surface area contributed by atoms with Crippen LogP contribution in [0.15, 0.2) is 22.8 Å². The Hall–Kier alpha value is -0.980. The average molecular weight is 343 g/mol. The van der Waals surface area contributed by atoms with E-state index in [0.29, 0.717) is 0 Å². The van der Waals surface area contributed by atoms with Crippen molar-refractivity contribution in [3.8, 4) is 0 Å². The van der Waals surface area contributed by atoms with E-state index in [2.05, 4.69) is 31.0 Å². The van der Waals surface area contributed by atoms with Gasteiger partial charge in [-0.05, 0) is 60.4 Å². The predicted octanol–water partition coefficient (Wildman–Crippen LogP) is 2.00. The first kappa shape index (κ1) is 15.4. The normalized spacial score (nSPS) is 23.1. The van der Waals surface area contributed by atoms with Crippen molar-refractivity contribution in [2.24, 2.45) is 0 Å². The molecule has 0 amide bonds. The Morgan fingerprint density at radius 2 is 2.30 bits per heavy atom. The molecule has 1 aromatic heterocycles. The van der Waals surface area contributed by atoms with Crippen molar-refractivity contribution >= 4 is 21.9 Å². The molecular weight excluding hydrogens is 324 g/mol. The maximum atomic E-state index is 11.4. The fourth-order valence-corrected chi connectivity index (χ4v) is 2.65. The molecule has 1 saturated heterocycles. The number of aromatic nitrogens is 1. The van der Waals surface area contributed by atoms with Gasteiger partial charge in [0.15, 0.2) is 0 Å². The van der Waals surface area contributed by atoms with Crippen molar-refractivity contribution in [3.63, 3.8) is 0 Å². The highest BCUT2D eigenvalue weighted by molar-refractivity contribution is 9.10. The summed E-state index contributed by atoms with van der Waals surface area (Å²) in [6.07, 6.45) is 4.38. The zero-order valence-corrected chi connectivity index (χ0v) is 13.1. The molecule has 1 unspecified atom stereocenters. The number of halogens is 1. The van der Waals surface area contributed by atoms with Crippen LogP contribution in [0.4, 0.5) is 0 Å². The Bertz CT molecular complexity index is 442. The van der Waals surface area contributed by atoms with E-state index in [4.69, 9.17) is 4.74 Å². The molecule has 0 radical (unpaired) electrons. The minimum absolute atomic E-state index is 0.0474. The third kappa shape index (κ3) is 3.77. The summed E-state index contributed by atoms with van der Waals surface area (Å²) in [5.74, 6) is -0.362. The van der Waals surface area contributed by atoms with Crippen LogP contribution in [0.1, 0.15) is 25.0 Å². The van der Waals surface area contributed by atoms with E-state index in [9.17, 15) is 4.79 Å². The lowest BCUT2D eigenvalue weighted by Gasteiger charge is -2.31. The monoisotopic (exact) mass is 342 g/mol. The molecule has 1 atom stereocenters. The van der Waals surface area contributed by atoms with E-state index >= 15 is 0 Å². The lowest BCUT2D eigenvalue weighted by molar-refractivity contribution is -0.155. The number of nitrogens with one attached hydrogen (secondary N) is 1. The van der Waals surface area contributed by atoms with E-state index in [-0.39, 0.29) is 12.6 Å². The van der Waals surface area contributed by atoms with E-state index < -0.39 is 5.60 Å². The topological polar surface area (TPSA) is 60.5 Å². The number of hydrogen-bond acceptors (Lipinski definition) is 5. The summed E-state index contributed by atoms with van der Waals surface area (Å²) < 4.78 is 11.5. The minimum atomic E-state index is -0.515. The third-order valence-electron chi connectivity index (χ3n) is 3.53. The highest BCUT2D eigenvalue weighted by Gasteiger charge is 2.36. The van der Waals surface area contributed by atoms with Crippen LogP contribution in [0.5, 0.6) is 0 Å². The molecule has 2 rings (SSSR count). The first-order valence-corrected chi connectivity index (χ1v) is 7.49. The molecule has 20 heavy (non-hydrogen) atoms. The first-order valence-electron chi connectivity index (χ1n) is 6.70. The van der Waals surface area contributed by atoms with Gasteiger partial charge in [0.25, 0.3) is 0 Å². The number of carbonyl (C=O) groups excluding carboxylic acids is 1. The zero-order chi connectivity index (χ0) is 14.4. The Kier molecular flexibility index (Phi) is 5.51. The van der Waals surface area contributed by atoms with Crippen molar-refractivity contribution in [1.82, 2.24) is 10.3 Å². The van der Waals surface area contributed by atoms with Gasteiger partial charge in [0.1, 0.15) is 12.2 Å². The smallest absolute Gasteiger partial charge is 0.331 e. The molecule has 1 fully saturated rings. The lowest BCUT2D eigenvalue weighted by atomic mass is 9.90. The number of esters is 1. The molecule has 0 bridgehead atoms. The number of rotatable bonds is 4. The molecule has 2 heterocycles. The molecule has 1 aliphatic rings. The Labute approximate surface area is 127 Å². The highest BCUT2D eigenvalue weighted by atomic mass is 79.9. The van der Waals surface area contributed by atoms with Gasteiger partial charge in [0, 0.05) is 10.7 Å². The van der Waals surface area contributed by atoms with Gasteiger partial charge in [-0.25, -0.2) is 4.79 Å². The van der Waals surface area contributed by atoms with Gasteiger partial charge in [-0.3, -0.25) is 4.98 Å². The van der Waals surface area contributed by atoms with Crippen molar-refractivity contribution in [3.05, 3.63) is 28.5 Å². The number of methoxy groups -OCH3 is 1. The van der Waals surface area contributed by atoms with Crippen LogP contribution in [0.2, 0.25) is 0 Å². The molecule has 1 aromatic rings. The van der Waals surface area contributed by atoms with Crippen molar-refractivity contribution in [1.29, 1.82) is 0 Å². The lowest BCUT2D eigenvalue weighted by Crippen LogP contribution is -2.34. The summed E-state index contributed by atoms with van der Waals surface area (Å²) in [4.78, 5) is 15.8. The molecule has 1 aliphatic heterocycles. The second kappa shape index (κ2) is 7.15. The van der Waals surface area contributed by atoms with Crippen LogP contribution >= 0.6 is 15.9 Å². The van der Waals surface area contributed by atoms with E-state index in [0.717, 1.165) is 42.5 Å². The highest BCUT2D eigenvalue weighted by Crippen LogP contribution is 2.34. The predicted molar refractivity (Wildman–Crippen MR) is 78.3 cm³/mol. The maximum absolute atomic E-state index is 11.4. The zero-order valence-electron chi connectivity index (χ0n) is 11.5. The molecule has 1 N–H and O–H groups in total. The maximum Gasteiger partial charge on any atom is 0.331 e. The quantitative estimate of drug-likeness (QED) is 0.848. The van der Waals surface area contributed by atoms with Crippen LogP contribution in [0, 0.1) is 0 Å². The summed E-state index contributed by atoms with van der Waals surface area (Å²) >= 11 is 3.39. The standard InChI is InChI=1S/C14H19BrN2O3/c1-19-13(18)10-20-14(5-2-7-16-8-6-14)12-4-3-11(15)9-17-12/h3-4,9,16H,2,5-8,10H2,1H3. The van der Waals surface area contributed by atoms with Crippen molar-refractivity contribution < 1.29 is 14.3 Å². The van der Waals surface area contributed by atoms with Crippen LogP contribution in [0.25, 0.3) is 0 Å². The van der Waals surface area contributed by atoms with Gasteiger partial charge in [-0.15, -0.1) is 0 Å². The van der Waals surface area contributed by atoms with Gasteiger partial charge in [-0.1, -0.05) is 0 Å². The van der Waals surface area contributed by atoms with Gasteiger partial charge in [0.2, 0.25) is 0 Å². The molecule has 0 aromatic carbocycles. The number of ether oxygens (including phenoxy) is 2. The Balaban J connectivity index is 2.22. The fourth-order valence-electron chi connectivity index (χ4n) is 2.42. The second-order valence-corrected chi connectivity index (χ2v) is 5.74. The first-order chi connectivity index (χ1) is 9.66. The fraction of sp³-hybridized carbons (Fsp3) is 0.571. The van der Waals surface area contributed by atoms with Crippen LogP contribution in [-0.2, 0) is 19.9 Å². The SMILES string of the molecule is COC(=O)COC1(c2ccc(Br)cn2)CCCNCC1. The number of hydrogen-bond donors (Lipinski definition) is 1. The molecule has 6 heteroatoms. The van der Waals surface area contributed by atoms with E-state index in [1.807, 2.05) is 12.1 Å². The second-order valence-electron chi connectivity index (χ2n) is 4.82. The number of nitrogens with zero attached hydrogens (tertiary/aromatic N) is 1. The van der Waals surface area contributed by atoms with Crippen LogP contribution in [0.3, 0.4) is 0 Å². The van der Waals surface area contributed by atoms with E-state index in [1.54, 1.807) is 6.20 Å². The number of carbonyl (C=O) groups is 1. The summed E-state index contributed by atoms with van der Waals surface area (Å²) in [7, 11) is 1.37. The third-order valence-corrected chi connectivity index (χ3v) is 4.00. The molecular formula is C14H19BrN2O3. The molecule has 0 aliphatic carbocycles. The van der Waals surface area contributed by atoms with Crippen molar-refractivity contribution in [2.75, 3.05) is 26.8 Å². The van der Waals surface area contributed by atoms with Gasteiger partial charge < -0.3 is 14.8 Å². The van der Waals surface area contributed by atoms with E-state index in [1.165, 1.54) is 7.11 Å². The molecule has 0 spiro atoms. The van der Waals surface area contributed by atoms with Crippen LogP contribution < -0.4 is 5.32 Å². The minimum Gasteiger partial charge on any atom is -0.467 e. The Morgan fingerprint density at radius 3 is 3.00 bits per heavy atom. The largest absolute Gasteiger partial charge is 0.467 e. The van der Waals surface area contributed by atoms with Gasteiger partial charge in [-0.2, -0.15) is 0 Å².